The van der Waals surface area contributed by atoms with Crippen LogP contribution in [0.4, 0.5) is 0 Å². The van der Waals surface area contributed by atoms with Crippen molar-refractivity contribution in [1.29, 1.82) is 0 Å². The predicted octanol–water partition coefficient (Wildman–Crippen LogP) is 2.17. The Morgan fingerprint density at radius 3 is 3.00 bits per heavy atom. The van der Waals surface area contributed by atoms with Crippen molar-refractivity contribution in [3.8, 4) is 17.0 Å². The fraction of sp³-hybridized carbons (Fsp3) is 0.294. The molecule has 1 aliphatic rings. The van der Waals surface area contributed by atoms with Gasteiger partial charge in [-0.3, -0.25) is 9.89 Å². The Labute approximate surface area is 138 Å². The lowest BCUT2D eigenvalue weighted by Crippen LogP contribution is -2.26. The van der Waals surface area contributed by atoms with Gasteiger partial charge in [-0.2, -0.15) is 5.10 Å². The number of nitrogens with one attached hydrogen (secondary N) is 2. The van der Waals surface area contributed by atoms with Gasteiger partial charge in [-0.15, -0.1) is 0 Å². The molecule has 1 aromatic carbocycles. The van der Waals surface area contributed by atoms with Crippen LogP contribution < -0.4 is 10.1 Å². The summed E-state index contributed by atoms with van der Waals surface area (Å²) in [7, 11) is 1.61. The van der Waals surface area contributed by atoms with Gasteiger partial charge in [-0.1, -0.05) is 12.1 Å². The van der Waals surface area contributed by atoms with Gasteiger partial charge in [0.2, 0.25) is 0 Å². The molecule has 0 bridgehead atoms. The molecule has 2 heterocycles. The molecule has 2 N–H and O–H groups in total. The van der Waals surface area contributed by atoms with E-state index in [-0.39, 0.29) is 5.91 Å². The molecule has 0 spiro atoms. The van der Waals surface area contributed by atoms with Gasteiger partial charge in [0, 0.05) is 12.1 Å². The van der Waals surface area contributed by atoms with Crippen LogP contribution in [0.5, 0.6) is 5.75 Å². The lowest BCUT2D eigenvalue weighted by atomic mass is 10.1. The summed E-state index contributed by atoms with van der Waals surface area (Å²) in [5, 5.41) is 10.0. The Morgan fingerprint density at radius 1 is 1.38 bits per heavy atom. The molecule has 0 atom stereocenters. The number of ether oxygens (including phenoxy) is 1. The van der Waals surface area contributed by atoms with Crippen molar-refractivity contribution in [3.05, 3.63) is 36.2 Å². The Kier molecular flexibility index (Phi) is 3.60. The Hall–Kier alpha value is -2.96. The number of benzene rings is 1. The van der Waals surface area contributed by atoms with E-state index in [0.29, 0.717) is 40.8 Å². The van der Waals surface area contributed by atoms with E-state index >= 15 is 0 Å². The molecule has 0 aliphatic heterocycles. The molecule has 1 aliphatic carbocycles. The first-order chi connectivity index (χ1) is 11.8. The van der Waals surface area contributed by atoms with E-state index in [0.717, 1.165) is 5.56 Å². The van der Waals surface area contributed by atoms with Gasteiger partial charge < -0.3 is 10.1 Å². The van der Waals surface area contributed by atoms with Crippen molar-refractivity contribution >= 4 is 17.1 Å². The van der Waals surface area contributed by atoms with Crippen molar-refractivity contribution in [1.82, 2.24) is 25.5 Å². The summed E-state index contributed by atoms with van der Waals surface area (Å²) in [4.78, 5) is 20.9. The van der Waals surface area contributed by atoms with Crippen LogP contribution in [0.3, 0.4) is 0 Å². The van der Waals surface area contributed by atoms with E-state index in [1.54, 1.807) is 7.11 Å². The van der Waals surface area contributed by atoms with E-state index in [1.165, 1.54) is 19.0 Å². The van der Waals surface area contributed by atoms with Gasteiger partial charge in [0.25, 0.3) is 5.91 Å². The zero-order valence-electron chi connectivity index (χ0n) is 13.2. The first kappa shape index (κ1) is 14.6. The number of amides is 1. The minimum Gasteiger partial charge on any atom is -0.496 e. The smallest absolute Gasteiger partial charge is 0.271 e. The third-order valence-electron chi connectivity index (χ3n) is 4.12. The number of aromatic nitrogens is 4. The summed E-state index contributed by atoms with van der Waals surface area (Å²) in [6.07, 6.45) is 3.83. The molecule has 0 radical (unpaired) electrons. The minimum atomic E-state index is -0.205. The molecule has 0 unspecified atom stereocenters. The van der Waals surface area contributed by atoms with Gasteiger partial charge in [0.15, 0.2) is 5.65 Å². The van der Waals surface area contributed by atoms with Gasteiger partial charge in [-0.25, -0.2) is 9.97 Å². The molecule has 1 saturated carbocycles. The maximum absolute atomic E-state index is 12.2. The van der Waals surface area contributed by atoms with Crippen LogP contribution in [0.15, 0.2) is 30.5 Å². The second-order valence-electron chi connectivity index (χ2n) is 5.88. The lowest BCUT2D eigenvalue weighted by molar-refractivity contribution is 0.0947. The average Bonchev–Trinajstić information content (AvgIpc) is 3.37. The van der Waals surface area contributed by atoms with Crippen LogP contribution in [-0.2, 0) is 0 Å². The summed E-state index contributed by atoms with van der Waals surface area (Å²) >= 11 is 0. The first-order valence-corrected chi connectivity index (χ1v) is 7.89. The van der Waals surface area contributed by atoms with E-state index in [9.17, 15) is 4.79 Å². The van der Waals surface area contributed by atoms with E-state index in [1.807, 2.05) is 24.3 Å². The molecule has 1 amide bonds. The highest BCUT2D eigenvalue weighted by Crippen LogP contribution is 2.31. The predicted molar refractivity (Wildman–Crippen MR) is 88.7 cm³/mol. The summed E-state index contributed by atoms with van der Waals surface area (Å²) in [6, 6.07) is 7.57. The Bertz CT molecular complexity index is 901. The van der Waals surface area contributed by atoms with Crippen molar-refractivity contribution < 1.29 is 9.53 Å². The van der Waals surface area contributed by atoms with Crippen molar-refractivity contribution in [3.63, 3.8) is 0 Å². The number of para-hydroxylation sites is 1. The molecule has 4 rings (SSSR count). The monoisotopic (exact) mass is 323 g/mol. The summed E-state index contributed by atoms with van der Waals surface area (Å²) in [6.45, 7) is 0.698. The molecule has 7 heteroatoms. The second kappa shape index (κ2) is 5.92. The summed E-state index contributed by atoms with van der Waals surface area (Å²) in [5.41, 5.74) is 2.83. The Morgan fingerprint density at radius 2 is 2.21 bits per heavy atom. The molecule has 122 valence electrons. The normalized spacial score (nSPS) is 13.9. The maximum Gasteiger partial charge on any atom is 0.271 e. The minimum absolute atomic E-state index is 0.205. The largest absolute Gasteiger partial charge is 0.496 e. The average molecular weight is 323 g/mol. The van der Waals surface area contributed by atoms with E-state index in [4.69, 9.17) is 4.74 Å². The van der Waals surface area contributed by atoms with E-state index < -0.39 is 0 Å². The van der Waals surface area contributed by atoms with E-state index in [2.05, 4.69) is 25.5 Å². The topological polar surface area (TPSA) is 92.8 Å². The number of nitrogens with zero attached hydrogens (tertiary/aromatic N) is 3. The number of carbonyl (C=O) groups is 1. The zero-order valence-corrected chi connectivity index (χ0v) is 13.2. The summed E-state index contributed by atoms with van der Waals surface area (Å²) in [5.74, 6) is 1.11. The first-order valence-electron chi connectivity index (χ1n) is 7.89. The summed E-state index contributed by atoms with van der Waals surface area (Å²) < 4.78 is 5.39. The maximum atomic E-state index is 12.2. The Balaban J connectivity index is 1.71. The number of hydrogen-bond donors (Lipinski definition) is 2. The number of methoxy groups -OCH3 is 1. The van der Waals surface area contributed by atoms with Crippen LogP contribution in [0.1, 0.15) is 23.3 Å². The van der Waals surface area contributed by atoms with Crippen LogP contribution in [0, 0.1) is 5.92 Å². The second-order valence-corrected chi connectivity index (χ2v) is 5.88. The SMILES string of the molecule is COc1ccccc1-c1[nH]nc2ncc(C(=O)NCC3CC3)nc12. The number of fused-ring (bicyclic) bond motifs is 1. The highest BCUT2D eigenvalue weighted by molar-refractivity contribution is 5.96. The van der Waals surface area contributed by atoms with Gasteiger partial charge in [-0.05, 0) is 30.9 Å². The standard InChI is InChI=1S/C17H17N5O2/c1-24-13-5-3-2-4-11(13)14-15-16(22-21-14)18-9-12(20-15)17(23)19-8-10-6-7-10/h2-5,9-10H,6-8H2,1H3,(H,19,23)(H,18,21,22). The third kappa shape index (κ3) is 2.68. The number of rotatable bonds is 5. The number of aromatic amines is 1. The van der Waals surface area contributed by atoms with Crippen molar-refractivity contribution in [2.75, 3.05) is 13.7 Å². The fourth-order valence-electron chi connectivity index (χ4n) is 2.59. The highest BCUT2D eigenvalue weighted by atomic mass is 16.5. The van der Waals surface area contributed by atoms with Crippen molar-refractivity contribution in [2.45, 2.75) is 12.8 Å². The van der Waals surface area contributed by atoms with Gasteiger partial charge >= 0.3 is 0 Å². The molecule has 0 saturated heterocycles. The highest BCUT2D eigenvalue weighted by Gasteiger charge is 2.23. The van der Waals surface area contributed by atoms with Crippen LogP contribution in [0.2, 0.25) is 0 Å². The number of H-pyrrole nitrogens is 1. The number of carbonyl (C=O) groups excluding carboxylic acids is 1. The van der Waals surface area contributed by atoms with Crippen LogP contribution >= 0.6 is 0 Å². The molecule has 7 nitrogen and oxygen atoms in total. The number of hydrogen-bond acceptors (Lipinski definition) is 5. The zero-order chi connectivity index (χ0) is 16.5. The molecular formula is C17H17N5O2. The fourth-order valence-corrected chi connectivity index (χ4v) is 2.59. The molecular weight excluding hydrogens is 306 g/mol. The van der Waals surface area contributed by atoms with Gasteiger partial charge in [0.1, 0.15) is 17.0 Å². The quantitative estimate of drug-likeness (QED) is 0.750. The molecule has 1 fully saturated rings. The molecule has 24 heavy (non-hydrogen) atoms. The van der Waals surface area contributed by atoms with Crippen LogP contribution in [0.25, 0.3) is 22.4 Å². The van der Waals surface area contributed by atoms with Crippen LogP contribution in [-0.4, -0.2) is 39.7 Å². The van der Waals surface area contributed by atoms with Crippen molar-refractivity contribution in [2.24, 2.45) is 5.92 Å². The molecule has 3 aromatic rings. The molecule has 2 aromatic heterocycles. The van der Waals surface area contributed by atoms with Gasteiger partial charge in [0.05, 0.1) is 19.0 Å². The lowest BCUT2D eigenvalue weighted by Gasteiger charge is -2.06. The third-order valence-corrected chi connectivity index (χ3v) is 4.12.